The Kier molecular flexibility index (Phi) is 6.08. The highest BCUT2D eigenvalue weighted by Crippen LogP contribution is 2.40. The molecule has 1 saturated carbocycles. The molecule has 2 aromatic rings. The molecule has 0 amide bonds. The van der Waals surface area contributed by atoms with Crippen LogP contribution in [0.25, 0.3) is 0 Å². The number of aryl methyl sites for hydroxylation is 1. The molecule has 4 nitrogen and oxygen atoms in total. The van der Waals surface area contributed by atoms with Crippen LogP contribution in [0.3, 0.4) is 0 Å². The third-order valence-corrected chi connectivity index (χ3v) is 6.03. The molecule has 0 spiro atoms. The van der Waals surface area contributed by atoms with Gasteiger partial charge in [-0.05, 0) is 32.3 Å². The summed E-state index contributed by atoms with van der Waals surface area (Å²) in [5.41, 5.74) is 4.66. The number of aromatic nitrogens is 1. The minimum Gasteiger partial charge on any atom is -0.357 e. The molecule has 134 valence electrons. The Hall–Kier alpha value is -1.88. The van der Waals surface area contributed by atoms with Crippen molar-refractivity contribution in [3.8, 4) is 0 Å². The summed E-state index contributed by atoms with van der Waals surface area (Å²) in [5, 5.41) is 6.99. The van der Waals surface area contributed by atoms with E-state index in [0.29, 0.717) is 6.54 Å². The van der Waals surface area contributed by atoms with E-state index in [1.54, 1.807) is 11.3 Å². The van der Waals surface area contributed by atoms with E-state index in [0.717, 1.165) is 24.7 Å². The van der Waals surface area contributed by atoms with Gasteiger partial charge in [-0.3, -0.25) is 0 Å². The van der Waals surface area contributed by atoms with E-state index in [1.165, 1.54) is 36.1 Å². The Morgan fingerprint density at radius 1 is 1.20 bits per heavy atom. The Labute approximate surface area is 154 Å². The average molecular weight is 357 g/mol. The standard InChI is InChI=1S/C20H28N4S/c1-3-21-19(22-13-18-16(2)24-15-25-18)23-14-20(11-7-8-12-20)17-9-5-4-6-10-17/h4-6,9-10,15H,3,7-8,11-14H2,1-2H3,(H2,21,22,23). The topological polar surface area (TPSA) is 49.3 Å². The highest BCUT2D eigenvalue weighted by Gasteiger charge is 2.35. The number of guanidine groups is 1. The van der Waals surface area contributed by atoms with E-state index in [9.17, 15) is 0 Å². The van der Waals surface area contributed by atoms with Crippen LogP contribution in [-0.2, 0) is 12.0 Å². The van der Waals surface area contributed by atoms with Crippen LogP contribution in [-0.4, -0.2) is 24.0 Å². The van der Waals surface area contributed by atoms with Crippen LogP contribution in [0.4, 0.5) is 0 Å². The van der Waals surface area contributed by atoms with Crippen molar-refractivity contribution in [1.82, 2.24) is 15.6 Å². The van der Waals surface area contributed by atoms with Crippen LogP contribution in [0, 0.1) is 6.92 Å². The number of nitrogens with zero attached hydrogens (tertiary/aromatic N) is 2. The number of thiazole rings is 1. The van der Waals surface area contributed by atoms with Gasteiger partial charge in [0.15, 0.2) is 5.96 Å². The highest BCUT2D eigenvalue weighted by molar-refractivity contribution is 7.09. The lowest BCUT2D eigenvalue weighted by Crippen LogP contribution is -2.44. The van der Waals surface area contributed by atoms with Crippen molar-refractivity contribution < 1.29 is 0 Å². The Morgan fingerprint density at radius 2 is 1.96 bits per heavy atom. The molecule has 5 heteroatoms. The SMILES string of the molecule is CCNC(=NCc1scnc1C)NCC1(c2ccccc2)CCCC1. The minimum absolute atomic E-state index is 0.234. The maximum Gasteiger partial charge on any atom is 0.191 e. The van der Waals surface area contributed by atoms with Crippen molar-refractivity contribution in [3.05, 3.63) is 52.0 Å². The van der Waals surface area contributed by atoms with Gasteiger partial charge in [0.2, 0.25) is 0 Å². The first kappa shape index (κ1) is 17.9. The summed E-state index contributed by atoms with van der Waals surface area (Å²) in [7, 11) is 0. The molecule has 0 atom stereocenters. The molecule has 1 aliphatic carbocycles. The summed E-state index contributed by atoms with van der Waals surface area (Å²) in [6.45, 7) is 6.64. The van der Waals surface area contributed by atoms with Crippen molar-refractivity contribution in [2.24, 2.45) is 4.99 Å². The molecule has 25 heavy (non-hydrogen) atoms. The largest absolute Gasteiger partial charge is 0.357 e. The summed E-state index contributed by atoms with van der Waals surface area (Å²) >= 11 is 1.68. The number of nitrogens with one attached hydrogen (secondary N) is 2. The third kappa shape index (κ3) is 4.40. The van der Waals surface area contributed by atoms with Crippen molar-refractivity contribution in [1.29, 1.82) is 0 Å². The second kappa shape index (κ2) is 8.48. The van der Waals surface area contributed by atoms with E-state index in [2.05, 4.69) is 52.9 Å². The van der Waals surface area contributed by atoms with Crippen LogP contribution in [0.5, 0.6) is 0 Å². The van der Waals surface area contributed by atoms with Crippen molar-refractivity contribution >= 4 is 17.3 Å². The van der Waals surface area contributed by atoms with Gasteiger partial charge >= 0.3 is 0 Å². The summed E-state index contributed by atoms with van der Waals surface area (Å²) in [6, 6.07) is 11.0. The van der Waals surface area contributed by atoms with Crippen molar-refractivity contribution in [2.75, 3.05) is 13.1 Å². The summed E-state index contributed by atoms with van der Waals surface area (Å²) in [6.07, 6.45) is 5.11. The molecule has 0 unspecified atom stereocenters. The zero-order valence-electron chi connectivity index (χ0n) is 15.2. The van der Waals surface area contributed by atoms with Gasteiger partial charge in [-0.15, -0.1) is 11.3 Å². The maximum absolute atomic E-state index is 4.77. The minimum atomic E-state index is 0.234. The average Bonchev–Trinajstić information content (AvgIpc) is 3.28. The van der Waals surface area contributed by atoms with Crippen molar-refractivity contribution in [3.63, 3.8) is 0 Å². The third-order valence-electron chi connectivity index (χ3n) is 5.11. The Balaban J connectivity index is 1.70. The van der Waals surface area contributed by atoms with Gasteiger partial charge in [-0.2, -0.15) is 0 Å². The molecule has 0 bridgehead atoms. The fourth-order valence-electron chi connectivity index (χ4n) is 3.63. The van der Waals surface area contributed by atoms with E-state index in [1.807, 2.05) is 12.4 Å². The molecule has 0 radical (unpaired) electrons. The van der Waals surface area contributed by atoms with Gasteiger partial charge in [0.1, 0.15) is 0 Å². The Morgan fingerprint density at radius 3 is 2.60 bits per heavy atom. The van der Waals surface area contributed by atoms with Crippen LogP contribution in [0.2, 0.25) is 0 Å². The lowest BCUT2D eigenvalue weighted by Gasteiger charge is -2.30. The van der Waals surface area contributed by atoms with Crippen LogP contribution >= 0.6 is 11.3 Å². The van der Waals surface area contributed by atoms with Gasteiger partial charge in [-0.1, -0.05) is 43.2 Å². The molecule has 0 aliphatic heterocycles. The number of rotatable bonds is 6. The quantitative estimate of drug-likeness (QED) is 0.607. The van der Waals surface area contributed by atoms with Crippen LogP contribution in [0.1, 0.15) is 48.7 Å². The molecule has 1 fully saturated rings. The monoisotopic (exact) mass is 356 g/mol. The maximum atomic E-state index is 4.77. The van der Waals surface area contributed by atoms with Crippen molar-refractivity contribution in [2.45, 2.75) is 51.5 Å². The molecule has 1 aromatic heterocycles. The normalized spacial score (nSPS) is 16.8. The molecule has 2 N–H and O–H groups in total. The summed E-state index contributed by atoms with van der Waals surface area (Å²) < 4.78 is 0. The summed E-state index contributed by atoms with van der Waals surface area (Å²) in [5.74, 6) is 0.900. The van der Waals surface area contributed by atoms with Gasteiger partial charge in [0.25, 0.3) is 0 Å². The van der Waals surface area contributed by atoms with Gasteiger partial charge < -0.3 is 10.6 Å². The number of hydrogen-bond acceptors (Lipinski definition) is 3. The van der Waals surface area contributed by atoms with E-state index >= 15 is 0 Å². The van der Waals surface area contributed by atoms with Gasteiger partial charge in [0, 0.05) is 23.4 Å². The molecule has 3 rings (SSSR count). The molecular formula is C20H28N4S. The molecule has 1 heterocycles. The Bertz CT molecular complexity index is 687. The van der Waals surface area contributed by atoms with Gasteiger partial charge in [-0.25, -0.2) is 9.98 Å². The predicted octanol–water partition coefficient (Wildman–Crippen LogP) is 4.02. The molecule has 1 aromatic carbocycles. The molecular weight excluding hydrogens is 328 g/mol. The lowest BCUT2D eigenvalue weighted by atomic mass is 9.79. The van der Waals surface area contributed by atoms with E-state index < -0.39 is 0 Å². The second-order valence-electron chi connectivity index (χ2n) is 6.76. The van der Waals surface area contributed by atoms with E-state index in [-0.39, 0.29) is 5.41 Å². The molecule has 0 saturated heterocycles. The zero-order valence-corrected chi connectivity index (χ0v) is 16.0. The fraction of sp³-hybridized carbons (Fsp3) is 0.500. The second-order valence-corrected chi connectivity index (χ2v) is 7.70. The predicted molar refractivity (Wildman–Crippen MR) is 106 cm³/mol. The first-order chi connectivity index (χ1) is 12.2. The highest BCUT2D eigenvalue weighted by atomic mass is 32.1. The fourth-order valence-corrected chi connectivity index (χ4v) is 4.33. The first-order valence-corrected chi connectivity index (χ1v) is 10.1. The first-order valence-electron chi connectivity index (χ1n) is 9.20. The smallest absolute Gasteiger partial charge is 0.191 e. The number of benzene rings is 1. The number of hydrogen-bond donors (Lipinski definition) is 2. The van der Waals surface area contributed by atoms with Crippen LogP contribution < -0.4 is 10.6 Å². The van der Waals surface area contributed by atoms with E-state index in [4.69, 9.17) is 4.99 Å². The summed E-state index contributed by atoms with van der Waals surface area (Å²) in [4.78, 5) is 10.3. The van der Waals surface area contributed by atoms with Gasteiger partial charge in [0.05, 0.1) is 17.7 Å². The van der Waals surface area contributed by atoms with Crippen LogP contribution in [0.15, 0.2) is 40.8 Å². The molecule has 1 aliphatic rings. The lowest BCUT2D eigenvalue weighted by molar-refractivity contribution is 0.432. The number of aliphatic imine (C=N–C) groups is 1. The zero-order chi connectivity index (χ0) is 17.5.